The summed E-state index contributed by atoms with van der Waals surface area (Å²) in [6, 6.07) is 5.30. The molecule has 1 aliphatic rings. The Bertz CT molecular complexity index is 1040. The van der Waals surface area contributed by atoms with Gasteiger partial charge in [0.25, 0.3) is 0 Å². The van der Waals surface area contributed by atoms with Crippen LogP contribution in [0.2, 0.25) is 0 Å². The molecular weight excluding hydrogens is 474 g/mol. The van der Waals surface area contributed by atoms with Crippen molar-refractivity contribution in [2.24, 2.45) is 0 Å². The number of hydrogen-bond acceptors (Lipinski definition) is 8. The molecule has 3 rings (SSSR count). The lowest BCUT2D eigenvalue weighted by atomic mass is 10.2. The monoisotopic (exact) mass is 502 g/mol. The van der Waals surface area contributed by atoms with Crippen LogP contribution in [-0.4, -0.2) is 81.0 Å². The van der Waals surface area contributed by atoms with Crippen LogP contribution in [0.5, 0.6) is 5.88 Å². The molecule has 0 aliphatic carbocycles. The molecule has 2 N–H and O–H groups in total. The molecule has 1 saturated heterocycles. The average Bonchev–Trinajstić information content (AvgIpc) is 2.80. The standard InChI is InChI=1S/C20H28F2N6O3S2/c1-23-7-4-8-27-9-11-28(12-10-27)33(29,30)26-17-13-18(31-2)25-20(24-17)32-14-15-5-3-6-16(21)19(15)22/h3,5-6,13,23H,4,7-12,14H2,1-2H3,(H,24,25,26). The van der Waals surface area contributed by atoms with Crippen LogP contribution in [0.4, 0.5) is 14.6 Å². The van der Waals surface area contributed by atoms with Gasteiger partial charge in [-0.25, -0.2) is 13.8 Å². The molecule has 182 valence electrons. The molecule has 1 aromatic carbocycles. The molecule has 1 aromatic heterocycles. The molecule has 1 aliphatic heterocycles. The predicted molar refractivity (Wildman–Crippen MR) is 124 cm³/mol. The summed E-state index contributed by atoms with van der Waals surface area (Å²) in [4.78, 5) is 10.6. The lowest BCUT2D eigenvalue weighted by molar-refractivity contribution is 0.187. The first-order valence-electron chi connectivity index (χ1n) is 10.5. The minimum Gasteiger partial charge on any atom is -0.481 e. The van der Waals surface area contributed by atoms with Gasteiger partial charge in [0, 0.05) is 43.6 Å². The minimum atomic E-state index is -3.83. The third kappa shape index (κ3) is 7.21. The van der Waals surface area contributed by atoms with E-state index in [-0.39, 0.29) is 28.2 Å². The van der Waals surface area contributed by atoms with Crippen LogP contribution < -0.4 is 14.8 Å². The van der Waals surface area contributed by atoms with Crippen LogP contribution in [0.15, 0.2) is 29.4 Å². The number of hydrogen-bond donors (Lipinski definition) is 2. The number of nitrogens with one attached hydrogen (secondary N) is 2. The summed E-state index contributed by atoms with van der Waals surface area (Å²) in [5.41, 5.74) is 0.154. The van der Waals surface area contributed by atoms with Crippen LogP contribution in [0, 0.1) is 11.6 Å². The van der Waals surface area contributed by atoms with Gasteiger partial charge in [0.15, 0.2) is 16.8 Å². The molecule has 0 unspecified atom stereocenters. The van der Waals surface area contributed by atoms with E-state index in [2.05, 4.69) is 24.9 Å². The average molecular weight is 503 g/mol. The third-order valence-electron chi connectivity index (χ3n) is 5.09. The van der Waals surface area contributed by atoms with Crippen LogP contribution in [0.25, 0.3) is 0 Å². The van der Waals surface area contributed by atoms with Gasteiger partial charge in [-0.2, -0.15) is 17.7 Å². The van der Waals surface area contributed by atoms with Gasteiger partial charge in [0.1, 0.15) is 5.82 Å². The molecule has 2 aromatic rings. The molecule has 1 fully saturated rings. The van der Waals surface area contributed by atoms with Crippen molar-refractivity contribution in [3.05, 3.63) is 41.5 Å². The van der Waals surface area contributed by atoms with E-state index < -0.39 is 21.8 Å². The number of piperazine rings is 1. The first-order chi connectivity index (χ1) is 15.8. The first-order valence-corrected chi connectivity index (χ1v) is 12.9. The highest BCUT2D eigenvalue weighted by Gasteiger charge is 2.27. The van der Waals surface area contributed by atoms with Crippen molar-refractivity contribution in [2.75, 3.05) is 58.1 Å². The highest BCUT2D eigenvalue weighted by Crippen LogP contribution is 2.26. The van der Waals surface area contributed by atoms with Crippen molar-refractivity contribution in [1.82, 2.24) is 24.5 Å². The summed E-state index contributed by atoms with van der Waals surface area (Å²) in [6.07, 6.45) is 1.00. The van der Waals surface area contributed by atoms with Crippen molar-refractivity contribution >= 4 is 27.8 Å². The van der Waals surface area contributed by atoms with E-state index in [1.807, 2.05) is 7.05 Å². The second-order valence-corrected chi connectivity index (χ2v) is 10.00. The fraction of sp³-hybridized carbons (Fsp3) is 0.500. The summed E-state index contributed by atoms with van der Waals surface area (Å²) in [5, 5.41) is 3.27. The number of rotatable bonds is 11. The second kappa shape index (κ2) is 11.9. The van der Waals surface area contributed by atoms with E-state index in [1.54, 1.807) is 0 Å². The van der Waals surface area contributed by atoms with Gasteiger partial charge in [-0.15, -0.1) is 0 Å². The van der Waals surface area contributed by atoms with Gasteiger partial charge in [0.05, 0.1) is 7.11 Å². The number of methoxy groups -OCH3 is 1. The lowest BCUT2D eigenvalue weighted by Gasteiger charge is -2.33. The summed E-state index contributed by atoms with van der Waals surface area (Å²) in [5.74, 6) is -1.60. The second-order valence-electron chi connectivity index (χ2n) is 7.38. The Morgan fingerprint density at radius 3 is 2.64 bits per heavy atom. The van der Waals surface area contributed by atoms with Gasteiger partial charge in [-0.1, -0.05) is 23.9 Å². The van der Waals surface area contributed by atoms with E-state index in [1.165, 1.54) is 29.6 Å². The zero-order chi connectivity index (χ0) is 23.8. The van der Waals surface area contributed by atoms with Crippen molar-refractivity contribution < 1.29 is 21.9 Å². The largest absolute Gasteiger partial charge is 0.481 e. The zero-order valence-electron chi connectivity index (χ0n) is 18.6. The van der Waals surface area contributed by atoms with E-state index in [4.69, 9.17) is 4.74 Å². The molecule has 0 amide bonds. The van der Waals surface area contributed by atoms with Crippen molar-refractivity contribution in [3.63, 3.8) is 0 Å². The smallest absolute Gasteiger partial charge is 0.302 e. The molecular formula is C20H28F2N6O3S2. The molecule has 9 nitrogen and oxygen atoms in total. The molecule has 0 saturated carbocycles. The third-order valence-corrected chi connectivity index (χ3v) is 7.49. The number of ether oxygens (including phenoxy) is 1. The Morgan fingerprint density at radius 1 is 1.18 bits per heavy atom. The highest BCUT2D eigenvalue weighted by atomic mass is 32.2. The van der Waals surface area contributed by atoms with Crippen molar-refractivity contribution in [3.8, 4) is 5.88 Å². The van der Waals surface area contributed by atoms with Gasteiger partial charge in [-0.05, 0) is 32.6 Å². The van der Waals surface area contributed by atoms with Gasteiger partial charge in [0.2, 0.25) is 5.88 Å². The highest BCUT2D eigenvalue weighted by molar-refractivity contribution is 7.98. The quantitative estimate of drug-likeness (QED) is 0.273. The number of thioether (sulfide) groups is 1. The van der Waals surface area contributed by atoms with Crippen LogP contribution in [-0.2, 0) is 16.0 Å². The van der Waals surface area contributed by atoms with E-state index in [0.717, 1.165) is 37.3 Å². The Kier molecular flexibility index (Phi) is 9.20. The summed E-state index contributed by atoms with van der Waals surface area (Å²) in [7, 11) is -0.524. The lowest BCUT2D eigenvalue weighted by Crippen LogP contribution is -2.50. The normalized spacial score (nSPS) is 15.5. The van der Waals surface area contributed by atoms with Gasteiger partial charge < -0.3 is 15.0 Å². The molecule has 0 radical (unpaired) electrons. The number of benzene rings is 1. The van der Waals surface area contributed by atoms with Crippen molar-refractivity contribution in [1.29, 1.82) is 0 Å². The van der Waals surface area contributed by atoms with Crippen LogP contribution in [0.3, 0.4) is 0 Å². The number of anilines is 1. The topological polar surface area (TPSA) is 99.7 Å². The van der Waals surface area contributed by atoms with Crippen LogP contribution in [0.1, 0.15) is 12.0 Å². The zero-order valence-corrected chi connectivity index (χ0v) is 20.2. The molecule has 0 atom stereocenters. The van der Waals surface area contributed by atoms with Crippen molar-refractivity contribution in [2.45, 2.75) is 17.3 Å². The first kappa shape index (κ1) is 25.6. The fourth-order valence-electron chi connectivity index (χ4n) is 3.30. The Hall–Kier alpha value is -2.06. The van der Waals surface area contributed by atoms with Crippen LogP contribution >= 0.6 is 11.8 Å². The summed E-state index contributed by atoms with van der Waals surface area (Å²) >= 11 is 1.04. The molecule has 33 heavy (non-hydrogen) atoms. The molecule has 13 heteroatoms. The van der Waals surface area contributed by atoms with E-state index >= 15 is 0 Å². The Balaban J connectivity index is 1.64. The Labute approximate surface area is 197 Å². The maximum absolute atomic E-state index is 13.9. The molecule has 0 spiro atoms. The molecule has 0 bridgehead atoms. The molecule has 2 heterocycles. The predicted octanol–water partition coefficient (Wildman–Crippen LogP) is 1.94. The SMILES string of the molecule is CNCCCN1CCN(S(=O)(=O)Nc2cc(OC)nc(SCc3cccc(F)c3F)n2)CC1. The Morgan fingerprint density at radius 2 is 1.94 bits per heavy atom. The number of aromatic nitrogens is 2. The number of nitrogens with zero attached hydrogens (tertiary/aromatic N) is 4. The van der Waals surface area contributed by atoms with E-state index in [0.29, 0.717) is 26.2 Å². The summed E-state index contributed by atoms with van der Waals surface area (Å²) in [6.45, 7) is 3.88. The summed E-state index contributed by atoms with van der Waals surface area (Å²) < 4.78 is 62.1. The number of halogens is 2. The minimum absolute atomic E-state index is 0.0421. The maximum Gasteiger partial charge on any atom is 0.302 e. The van der Waals surface area contributed by atoms with Gasteiger partial charge in [-0.3, -0.25) is 4.72 Å². The van der Waals surface area contributed by atoms with E-state index in [9.17, 15) is 17.2 Å². The fourth-order valence-corrected chi connectivity index (χ4v) is 5.26. The maximum atomic E-state index is 13.9. The van der Waals surface area contributed by atoms with Gasteiger partial charge >= 0.3 is 10.2 Å².